The summed E-state index contributed by atoms with van der Waals surface area (Å²) in [7, 11) is 3.11. The van der Waals surface area contributed by atoms with Crippen LogP contribution in [0.5, 0.6) is 11.5 Å². The number of aromatic hydroxyl groups is 2. The Labute approximate surface area is 690 Å². The van der Waals surface area contributed by atoms with E-state index in [1.807, 2.05) is 10.6 Å². The number of amides is 17. The minimum Gasteiger partial charge on any atom is -0.508 e. The van der Waals surface area contributed by atoms with E-state index in [1.165, 1.54) is 58.3 Å². The Hall–Kier alpha value is -11.0. The van der Waals surface area contributed by atoms with E-state index in [0.29, 0.717) is 11.1 Å². The topological polar surface area (TPSA) is 670 Å². The number of benzene rings is 3. The van der Waals surface area contributed by atoms with Gasteiger partial charge in [-0.05, 0) is 80.5 Å². The van der Waals surface area contributed by atoms with Crippen LogP contribution in [0, 0.1) is 0 Å². The maximum absolute atomic E-state index is 15.1. The molecular formula is C72H96N18O24S4. The molecule has 642 valence electrons. The molecule has 0 spiro atoms. The fraction of sp³-hybridized carbons (Fsp3) is 0.500. The van der Waals surface area contributed by atoms with Gasteiger partial charge in [0, 0.05) is 55.4 Å². The molecule has 25 N–H and O–H groups in total. The molecule has 7 rings (SSSR count). The monoisotopic (exact) mass is 1720 g/mol. The van der Waals surface area contributed by atoms with Crippen LogP contribution in [0.4, 0.5) is 0 Å². The van der Waals surface area contributed by atoms with Crippen LogP contribution in [-0.2, 0) is 106 Å². The number of hydrogen-bond donors (Lipinski definition) is 22. The Morgan fingerprint density at radius 1 is 0.466 bits per heavy atom. The fourth-order valence-corrected chi connectivity index (χ4v) is 17.3. The highest BCUT2D eigenvalue weighted by molar-refractivity contribution is 8.77. The highest BCUT2D eigenvalue weighted by atomic mass is 33.1. The smallest absolute Gasteiger partial charge is 0.305 e. The van der Waals surface area contributed by atoms with E-state index in [9.17, 15) is 103 Å². The largest absolute Gasteiger partial charge is 0.508 e. The molecule has 2 bridgehead atoms. The van der Waals surface area contributed by atoms with Gasteiger partial charge in [-0.2, -0.15) is 0 Å². The number of nitrogens with one attached hydrogen (secondary N) is 13. The molecule has 4 fully saturated rings. The molecule has 0 aromatic heterocycles. The summed E-state index contributed by atoms with van der Waals surface area (Å²) in [6.45, 7) is -1.13. The van der Waals surface area contributed by atoms with Gasteiger partial charge in [-0.3, -0.25) is 86.3 Å². The summed E-state index contributed by atoms with van der Waals surface area (Å²) in [6.07, 6.45) is -4.77. The first-order valence-electron chi connectivity index (χ1n) is 37.1. The van der Waals surface area contributed by atoms with Crippen LogP contribution in [0.3, 0.4) is 0 Å². The minimum absolute atomic E-state index is 0.0229. The first-order chi connectivity index (χ1) is 56.1. The predicted molar refractivity (Wildman–Crippen MR) is 424 cm³/mol. The number of primary amides is 2. The Kier molecular flexibility index (Phi) is 36.4. The number of carbonyl (C=O) groups is 18. The Balaban J connectivity index is 1.33. The summed E-state index contributed by atoms with van der Waals surface area (Å²) >= 11 is 0. The maximum Gasteiger partial charge on any atom is 0.305 e. The van der Waals surface area contributed by atoms with Gasteiger partial charge in [0.25, 0.3) is 0 Å². The second-order valence-corrected chi connectivity index (χ2v) is 33.0. The van der Waals surface area contributed by atoms with E-state index in [1.54, 1.807) is 30.3 Å². The van der Waals surface area contributed by atoms with Crippen LogP contribution in [0.2, 0.25) is 0 Å². The van der Waals surface area contributed by atoms with Crippen LogP contribution in [0.25, 0.3) is 0 Å². The third kappa shape index (κ3) is 28.1. The second kappa shape index (κ2) is 45.6. The molecule has 118 heavy (non-hydrogen) atoms. The molecule has 2 unspecified atom stereocenters. The number of phenols is 2. The van der Waals surface area contributed by atoms with Crippen LogP contribution in [0.1, 0.15) is 69.1 Å². The van der Waals surface area contributed by atoms with Gasteiger partial charge in [-0.1, -0.05) is 97.8 Å². The van der Waals surface area contributed by atoms with E-state index >= 15 is 14.4 Å². The molecule has 42 nitrogen and oxygen atoms in total. The van der Waals surface area contributed by atoms with Gasteiger partial charge in [-0.15, -0.1) is 0 Å². The number of carboxylic acids is 1. The first-order valence-corrected chi connectivity index (χ1v) is 42.1. The third-order valence-electron chi connectivity index (χ3n) is 18.9. The van der Waals surface area contributed by atoms with Crippen molar-refractivity contribution in [1.29, 1.82) is 0 Å². The number of carbonyl (C=O) groups excluding carboxylic acids is 17. The zero-order valence-electron chi connectivity index (χ0n) is 63.8. The number of carboxylic acid groups (broad SMARTS) is 1. The van der Waals surface area contributed by atoms with E-state index in [-0.39, 0.29) is 68.7 Å². The van der Waals surface area contributed by atoms with Gasteiger partial charge in [0.1, 0.15) is 102 Å². The minimum atomic E-state index is -2.19. The maximum atomic E-state index is 15.1. The van der Waals surface area contributed by atoms with Crippen molar-refractivity contribution in [2.24, 2.45) is 17.2 Å². The van der Waals surface area contributed by atoms with Gasteiger partial charge >= 0.3 is 5.97 Å². The van der Waals surface area contributed by atoms with Crippen LogP contribution in [-0.4, -0.2) is 299 Å². The number of aliphatic carboxylic acids is 1. The van der Waals surface area contributed by atoms with E-state index < -0.39 is 265 Å². The number of rotatable bonds is 16. The molecule has 4 aliphatic rings. The van der Waals surface area contributed by atoms with Crippen LogP contribution < -0.4 is 86.3 Å². The van der Waals surface area contributed by atoms with Crippen molar-refractivity contribution >= 4 is 150 Å². The molecule has 46 heteroatoms. The lowest BCUT2D eigenvalue weighted by Gasteiger charge is -2.33. The van der Waals surface area contributed by atoms with Gasteiger partial charge in [-0.25, -0.2) is 0 Å². The summed E-state index contributed by atoms with van der Waals surface area (Å²) < 4.78 is 0. The quantitative estimate of drug-likeness (QED) is 0.0592. The highest BCUT2D eigenvalue weighted by Gasteiger charge is 2.46. The number of nitrogens with zero attached hydrogens (tertiary/aromatic N) is 2. The molecule has 4 saturated heterocycles. The third-order valence-corrected chi connectivity index (χ3v) is 23.8. The van der Waals surface area contributed by atoms with Gasteiger partial charge < -0.3 is 127 Å². The fourth-order valence-electron chi connectivity index (χ4n) is 12.6. The molecule has 3 aromatic rings. The Morgan fingerprint density at radius 3 is 1.41 bits per heavy atom. The molecule has 16 atom stereocenters. The zero-order chi connectivity index (χ0) is 86.6. The second-order valence-electron chi connectivity index (χ2n) is 27.9. The number of aliphatic hydroxyl groups is 3. The lowest BCUT2D eigenvalue weighted by molar-refractivity contribution is -0.148. The predicted octanol–water partition coefficient (Wildman–Crippen LogP) is -8.62. The SMILES string of the molecule is C[C@@H]1NC(=O)[C@H](Cc2ccccc2)NC(=O)[C@@H]2CSSC[C@H](NC(=O)CN)C(=O)N[C@@H](CSSC[C@@H](C(N)=O)NC(=O)[C@H](Cc3ccc(O)cc3)NC(=O)C(CC(=O)O)NC(=O)[C@H](CO)NC(=O)[C@H](CC(N)=O)NC(=O)[C@H]([C@@H](C)O)NC1=O)C(=O)NC(CO)C(=O)N[C@@H](Cc1ccc(O)cc1)C(=O)N1CCC[C@H]1C(=O)N1CCC[C@H]1C(=O)N2. The van der Waals surface area contributed by atoms with E-state index in [2.05, 4.69) is 58.5 Å². The van der Waals surface area contributed by atoms with Crippen LogP contribution >= 0.6 is 43.2 Å². The standard InChI is InChI=1S/C72H96N18O24S4/c1-34-59(101)88-57(35(2)93)70(112)81-43(25-54(74)96)62(104)83-46(28-91)64(106)80-44(26-56(98)99)63(105)78-42(23-37-12-16-39(94)17-13-37)61(103)85-48(58(75)100)30-115-117-32-50-68(110)84-47(29-92)65(107)82-45(24-38-14-18-40(95)19-15-38)71(113)90-21-7-11-53(90)72(114)89-20-6-10-52(89)69(111)87-51(33-118-116-31-49(66(108)86-50)77-55(97)27-73)67(109)79-41(60(102)76-34)22-36-8-4-3-5-9-36/h3-5,8-9,12-19,34-35,41-53,57,91-95H,6-7,10-11,20-33,73H2,1-2H3,(H2,74,96)(H2,75,100)(H,76,102)(H,77,97)(H,78,105)(H,79,109)(H,80,106)(H,81,112)(H,82,107)(H,83,104)(H,84,110)(H,85,103)(H,86,108)(H,87,111)(H,88,101)(H,98,99)/t34-,35+,41-,42-,43-,44?,45-,46-,47?,48-,49-,50-,51-,52-,53-,57-/m0/s1. The van der Waals surface area contributed by atoms with Gasteiger partial charge in [0.15, 0.2) is 0 Å². The van der Waals surface area contributed by atoms with Crippen LogP contribution in [0.15, 0.2) is 78.9 Å². The number of hydrogen-bond acceptors (Lipinski definition) is 28. The van der Waals surface area contributed by atoms with Crippen molar-refractivity contribution in [3.8, 4) is 11.5 Å². The van der Waals surface area contributed by atoms with E-state index in [0.717, 1.165) is 57.0 Å². The van der Waals surface area contributed by atoms with Crippen molar-refractivity contribution in [1.82, 2.24) is 78.9 Å². The summed E-state index contributed by atoms with van der Waals surface area (Å²) in [6, 6.07) is -8.10. The normalized spacial score (nSPS) is 27.2. The zero-order valence-corrected chi connectivity index (χ0v) is 67.0. The number of nitrogens with two attached hydrogens (primary N) is 3. The molecule has 4 aliphatic heterocycles. The molecule has 17 amide bonds. The number of phenolic OH excluding ortho intramolecular Hbond substituents is 2. The summed E-state index contributed by atoms with van der Waals surface area (Å²) in [5, 5.41) is 93.4. The molecule has 0 saturated carbocycles. The number of fused-ring (bicyclic) bond motifs is 10. The molecule has 3 aromatic carbocycles. The lowest BCUT2D eigenvalue weighted by atomic mass is 10.0. The van der Waals surface area contributed by atoms with Crippen molar-refractivity contribution in [2.45, 2.75) is 168 Å². The summed E-state index contributed by atoms with van der Waals surface area (Å²) in [5.41, 5.74) is 18.0. The molecule has 0 radical (unpaired) electrons. The van der Waals surface area contributed by atoms with E-state index in [4.69, 9.17) is 17.2 Å². The average molecular weight is 1730 g/mol. The highest BCUT2D eigenvalue weighted by Crippen LogP contribution is 2.29. The Morgan fingerprint density at radius 2 is 0.890 bits per heavy atom. The molecular weight excluding hydrogens is 1630 g/mol. The number of aliphatic hydroxyl groups excluding tert-OH is 3. The average Bonchev–Trinajstić information content (AvgIpc) is 1.66. The van der Waals surface area contributed by atoms with Crippen molar-refractivity contribution in [3.63, 3.8) is 0 Å². The first kappa shape index (κ1) is 94.1. The lowest BCUT2D eigenvalue weighted by Crippen LogP contribution is -2.62. The summed E-state index contributed by atoms with van der Waals surface area (Å²) in [4.78, 5) is 258. The Bertz CT molecular complexity index is 4160. The van der Waals surface area contributed by atoms with Crippen molar-refractivity contribution < 1.29 is 117 Å². The van der Waals surface area contributed by atoms with Crippen molar-refractivity contribution in [2.75, 3.05) is 55.9 Å². The van der Waals surface area contributed by atoms with Gasteiger partial charge in [0.05, 0.1) is 38.7 Å². The summed E-state index contributed by atoms with van der Waals surface area (Å²) in [5.74, 6) is -23.7. The van der Waals surface area contributed by atoms with Crippen molar-refractivity contribution in [3.05, 3.63) is 95.6 Å². The molecule has 0 aliphatic carbocycles. The molecule has 4 heterocycles. The van der Waals surface area contributed by atoms with Gasteiger partial charge in [0.2, 0.25) is 100 Å².